The molecule has 4 nitrogen and oxygen atoms in total. The Bertz CT molecular complexity index is 735. The van der Waals surface area contributed by atoms with E-state index >= 15 is 0 Å². The number of amides is 1. The molecule has 0 radical (unpaired) electrons. The standard InChI is InChI=1S/C17H14Cl2FNO3/c18-14-3-1-2-13(16(14)19)17(23)24-10-15(22)21-9-8-11-4-6-12(20)7-5-11/h1-7H,8-10H2,(H,21,22). The molecule has 0 heterocycles. The van der Waals surface area contributed by atoms with Crippen LogP contribution in [-0.2, 0) is 16.0 Å². The van der Waals surface area contributed by atoms with Gasteiger partial charge in [-0.05, 0) is 36.2 Å². The third-order valence-electron chi connectivity index (χ3n) is 3.15. The molecule has 0 aliphatic carbocycles. The van der Waals surface area contributed by atoms with Crippen molar-refractivity contribution in [3.63, 3.8) is 0 Å². The Kier molecular flexibility index (Phi) is 6.58. The topological polar surface area (TPSA) is 55.4 Å². The Morgan fingerprint density at radius 2 is 1.79 bits per heavy atom. The molecule has 24 heavy (non-hydrogen) atoms. The molecule has 2 aromatic rings. The van der Waals surface area contributed by atoms with Crippen LogP contribution in [0.5, 0.6) is 0 Å². The van der Waals surface area contributed by atoms with E-state index in [1.807, 2.05) is 0 Å². The van der Waals surface area contributed by atoms with Crippen LogP contribution < -0.4 is 5.32 Å². The highest BCUT2D eigenvalue weighted by Crippen LogP contribution is 2.25. The quantitative estimate of drug-likeness (QED) is 0.790. The number of nitrogens with one attached hydrogen (secondary N) is 1. The first-order chi connectivity index (χ1) is 11.5. The van der Waals surface area contributed by atoms with E-state index in [0.29, 0.717) is 13.0 Å². The minimum Gasteiger partial charge on any atom is -0.452 e. The minimum absolute atomic E-state index is 0.0842. The van der Waals surface area contributed by atoms with Crippen molar-refractivity contribution in [1.29, 1.82) is 0 Å². The van der Waals surface area contributed by atoms with Gasteiger partial charge in [-0.15, -0.1) is 0 Å². The monoisotopic (exact) mass is 369 g/mol. The fraction of sp³-hybridized carbons (Fsp3) is 0.176. The Morgan fingerprint density at radius 3 is 2.50 bits per heavy atom. The highest BCUT2D eigenvalue weighted by Gasteiger charge is 2.15. The van der Waals surface area contributed by atoms with Gasteiger partial charge in [0.2, 0.25) is 0 Å². The second kappa shape index (κ2) is 8.66. The molecule has 126 valence electrons. The molecule has 2 aromatic carbocycles. The van der Waals surface area contributed by atoms with Crippen LogP contribution in [0.25, 0.3) is 0 Å². The zero-order valence-electron chi connectivity index (χ0n) is 12.5. The van der Waals surface area contributed by atoms with Gasteiger partial charge in [0.1, 0.15) is 5.82 Å². The molecule has 1 amide bonds. The van der Waals surface area contributed by atoms with Crippen LogP contribution in [0.3, 0.4) is 0 Å². The van der Waals surface area contributed by atoms with E-state index in [0.717, 1.165) is 5.56 Å². The number of carbonyl (C=O) groups is 2. The van der Waals surface area contributed by atoms with E-state index in [1.165, 1.54) is 18.2 Å². The maximum absolute atomic E-state index is 12.8. The van der Waals surface area contributed by atoms with Crippen LogP contribution >= 0.6 is 23.2 Å². The third kappa shape index (κ3) is 5.22. The van der Waals surface area contributed by atoms with Gasteiger partial charge in [0.15, 0.2) is 6.61 Å². The van der Waals surface area contributed by atoms with E-state index in [4.69, 9.17) is 27.9 Å². The fourth-order valence-corrected chi connectivity index (χ4v) is 2.30. The largest absolute Gasteiger partial charge is 0.452 e. The van der Waals surface area contributed by atoms with Crippen LogP contribution in [0.4, 0.5) is 4.39 Å². The summed E-state index contributed by atoms with van der Waals surface area (Å²) in [6.07, 6.45) is 0.542. The van der Waals surface area contributed by atoms with Gasteiger partial charge in [0.05, 0.1) is 15.6 Å². The van der Waals surface area contributed by atoms with Crippen molar-refractivity contribution in [2.45, 2.75) is 6.42 Å². The van der Waals surface area contributed by atoms with Crippen molar-refractivity contribution < 1.29 is 18.7 Å². The lowest BCUT2D eigenvalue weighted by atomic mass is 10.1. The molecule has 0 saturated carbocycles. The van der Waals surface area contributed by atoms with Crippen LogP contribution in [0.2, 0.25) is 10.0 Å². The van der Waals surface area contributed by atoms with Crippen molar-refractivity contribution in [3.8, 4) is 0 Å². The van der Waals surface area contributed by atoms with Gasteiger partial charge in [-0.3, -0.25) is 4.79 Å². The van der Waals surface area contributed by atoms with Crippen molar-refractivity contribution >= 4 is 35.1 Å². The highest BCUT2D eigenvalue weighted by molar-refractivity contribution is 6.43. The molecule has 2 rings (SSSR count). The SMILES string of the molecule is O=C(COC(=O)c1cccc(Cl)c1Cl)NCCc1ccc(F)cc1. The molecule has 0 unspecified atom stereocenters. The summed E-state index contributed by atoms with van der Waals surface area (Å²) < 4.78 is 17.7. The maximum atomic E-state index is 12.8. The Hall–Kier alpha value is -2.11. The van der Waals surface area contributed by atoms with Gasteiger partial charge in [0, 0.05) is 6.54 Å². The summed E-state index contributed by atoms with van der Waals surface area (Å²) in [6.45, 7) is -0.0783. The number of hydrogen-bond donors (Lipinski definition) is 1. The number of hydrogen-bond acceptors (Lipinski definition) is 3. The number of rotatable bonds is 6. The van der Waals surface area contributed by atoms with Gasteiger partial charge in [-0.2, -0.15) is 0 Å². The summed E-state index contributed by atoms with van der Waals surface area (Å²) in [5.74, 6) is -1.48. The van der Waals surface area contributed by atoms with Crippen LogP contribution in [0.15, 0.2) is 42.5 Å². The molecule has 0 atom stereocenters. The lowest BCUT2D eigenvalue weighted by molar-refractivity contribution is -0.124. The van der Waals surface area contributed by atoms with Crippen LogP contribution in [0.1, 0.15) is 15.9 Å². The Balaban J connectivity index is 1.75. The molecule has 0 bridgehead atoms. The zero-order chi connectivity index (χ0) is 17.5. The first kappa shape index (κ1) is 18.2. The smallest absolute Gasteiger partial charge is 0.340 e. The van der Waals surface area contributed by atoms with Crippen molar-refractivity contribution in [2.75, 3.05) is 13.2 Å². The molecule has 0 spiro atoms. The Morgan fingerprint density at radius 1 is 1.08 bits per heavy atom. The minimum atomic E-state index is -0.726. The molecular weight excluding hydrogens is 356 g/mol. The predicted molar refractivity (Wildman–Crippen MR) is 89.9 cm³/mol. The summed E-state index contributed by atoms with van der Waals surface area (Å²) in [5, 5.41) is 2.93. The number of halogens is 3. The van der Waals surface area contributed by atoms with Gasteiger partial charge in [-0.25, -0.2) is 9.18 Å². The summed E-state index contributed by atoms with van der Waals surface area (Å²) in [7, 11) is 0. The summed E-state index contributed by atoms with van der Waals surface area (Å²) in [4.78, 5) is 23.5. The number of ether oxygens (including phenoxy) is 1. The first-order valence-corrected chi connectivity index (χ1v) is 7.85. The van der Waals surface area contributed by atoms with Gasteiger partial charge in [0.25, 0.3) is 5.91 Å². The number of esters is 1. The van der Waals surface area contributed by atoms with Crippen LogP contribution in [0, 0.1) is 5.82 Å². The average Bonchev–Trinajstić information content (AvgIpc) is 2.57. The summed E-state index contributed by atoms with van der Waals surface area (Å²) in [5.41, 5.74) is 0.989. The maximum Gasteiger partial charge on any atom is 0.340 e. The first-order valence-electron chi connectivity index (χ1n) is 7.09. The zero-order valence-corrected chi connectivity index (χ0v) is 14.0. The number of carbonyl (C=O) groups excluding carboxylic acids is 2. The molecule has 0 saturated heterocycles. The molecule has 0 aromatic heterocycles. The van der Waals surface area contributed by atoms with E-state index in [-0.39, 0.29) is 21.4 Å². The van der Waals surface area contributed by atoms with E-state index < -0.39 is 18.5 Å². The van der Waals surface area contributed by atoms with Gasteiger partial charge < -0.3 is 10.1 Å². The van der Waals surface area contributed by atoms with E-state index in [2.05, 4.69) is 5.32 Å². The fourth-order valence-electron chi connectivity index (χ4n) is 1.92. The molecule has 0 aliphatic rings. The highest BCUT2D eigenvalue weighted by atomic mass is 35.5. The molecule has 0 aliphatic heterocycles. The van der Waals surface area contributed by atoms with Crippen LogP contribution in [-0.4, -0.2) is 25.0 Å². The van der Waals surface area contributed by atoms with Gasteiger partial charge >= 0.3 is 5.97 Å². The number of benzene rings is 2. The predicted octanol–water partition coefficient (Wildman–Crippen LogP) is 3.65. The van der Waals surface area contributed by atoms with Crippen molar-refractivity contribution in [2.24, 2.45) is 0 Å². The third-order valence-corrected chi connectivity index (χ3v) is 3.97. The lowest BCUT2D eigenvalue weighted by Crippen LogP contribution is -2.30. The molecule has 1 N–H and O–H groups in total. The van der Waals surface area contributed by atoms with Crippen molar-refractivity contribution in [3.05, 3.63) is 69.5 Å². The Labute approximate surface area is 148 Å². The van der Waals surface area contributed by atoms with Crippen molar-refractivity contribution in [1.82, 2.24) is 5.32 Å². The van der Waals surface area contributed by atoms with Gasteiger partial charge in [-0.1, -0.05) is 41.4 Å². The lowest BCUT2D eigenvalue weighted by Gasteiger charge is -2.08. The van der Waals surface area contributed by atoms with E-state index in [9.17, 15) is 14.0 Å². The second-order valence-corrected chi connectivity index (χ2v) is 5.69. The second-order valence-electron chi connectivity index (χ2n) is 4.90. The summed E-state index contributed by atoms with van der Waals surface area (Å²) >= 11 is 11.7. The normalized spacial score (nSPS) is 10.3. The average molecular weight is 370 g/mol. The van der Waals surface area contributed by atoms with E-state index in [1.54, 1.807) is 24.3 Å². The summed E-state index contributed by atoms with van der Waals surface area (Å²) in [6, 6.07) is 10.6. The molecule has 0 fully saturated rings. The molecule has 7 heteroatoms. The molecular formula is C17H14Cl2FNO3.